The van der Waals surface area contributed by atoms with Gasteiger partial charge in [-0.15, -0.1) is 16.4 Å². The van der Waals surface area contributed by atoms with Gasteiger partial charge in [-0.1, -0.05) is 41.0 Å². The fraction of sp³-hybridized carbons (Fsp3) is 0.0588. The van der Waals surface area contributed by atoms with Gasteiger partial charge in [0.2, 0.25) is 0 Å². The molecule has 0 saturated carbocycles. The summed E-state index contributed by atoms with van der Waals surface area (Å²) in [5.41, 5.74) is 1.38. The Morgan fingerprint density at radius 3 is 2.80 bits per heavy atom. The number of hydrogen-bond acceptors (Lipinski definition) is 6. The summed E-state index contributed by atoms with van der Waals surface area (Å²) in [4.78, 5) is 17.2. The average molecular weight is 371 g/mol. The zero-order valence-electron chi connectivity index (χ0n) is 13.0. The SMILES string of the molecule is Cc1cccc(-c2nnc(NC(=O)c3sc4ccccc4c3Cl)o2)n1. The van der Waals surface area contributed by atoms with Gasteiger partial charge in [0, 0.05) is 15.8 Å². The van der Waals surface area contributed by atoms with Gasteiger partial charge in [-0.25, -0.2) is 4.98 Å². The molecule has 8 heteroatoms. The number of thiophene rings is 1. The van der Waals surface area contributed by atoms with Gasteiger partial charge in [-0.05, 0) is 25.1 Å². The summed E-state index contributed by atoms with van der Waals surface area (Å²) in [6, 6.07) is 13.0. The Bertz CT molecular complexity index is 1090. The molecular weight excluding hydrogens is 360 g/mol. The number of halogens is 1. The Hall–Kier alpha value is -2.77. The van der Waals surface area contributed by atoms with Crippen molar-refractivity contribution in [1.29, 1.82) is 0 Å². The smallest absolute Gasteiger partial charge is 0.322 e. The van der Waals surface area contributed by atoms with Crippen LogP contribution in [0.4, 0.5) is 6.01 Å². The Balaban J connectivity index is 1.60. The zero-order valence-corrected chi connectivity index (χ0v) is 14.6. The maximum Gasteiger partial charge on any atom is 0.322 e. The third-order valence-electron chi connectivity index (χ3n) is 3.49. The second-order valence-corrected chi connectivity index (χ2v) is 6.70. The Kier molecular flexibility index (Phi) is 3.95. The van der Waals surface area contributed by atoms with Crippen molar-refractivity contribution in [3.8, 4) is 11.6 Å². The number of rotatable bonds is 3. The average Bonchev–Trinajstić information content (AvgIpc) is 3.20. The van der Waals surface area contributed by atoms with Crippen LogP contribution in [0.2, 0.25) is 5.02 Å². The van der Waals surface area contributed by atoms with Crippen LogP contribution in [0.3, 0.4) is 0 Å². The van der Waals surface area contributed by atoms with Gasteiger partial charge in [-0.2, -0.15) is 0 Å². The molecule has 4 aromatic rings. The minimum absolute atomic E-state index is 0.00294. The minimum Gasteiger partial charge on any atom is -0.401 e. The van der Waals surface area contributed by atoms with Gasteiger partial charge in [0.1, 0.15) is 10.6 Å². The molecule has 0 radical (unpaired) electrons. The van der Waals surface area contributed by atoms with E-state index in [9.17, 15) is 4.79 Å². The van der Waals surface area contributed by atoms with Crippen molar-refractivity contribution in [3.05, 3.63) is 58.1 Å². The zero-order chi connectivity index (χ0) is 17.4. The van der Waals surface area contributed by atoms with Crippen molar-refractivity contribution < 1.29 is 9.21 Å². The predicted octanol–water partition coefficient (Wildman–Crippen LogP) is 4.56. The minimum atomic E-state index is -0.390. The monoisotopic (exact) mass is 370 g/mol. The number of nitrogens with zero attached hydrogens (tertiary/aromatic N) is 3. The molecule has 1 amide bonds. The number of carbonyl (C=O) groups is 1. The first kappa shape index (κ1) is 15.7. The summed E-state index contributed by atoms with van der Waals surface area (Å²) in [5.74, 6) is -0.153. The van der Waals surface area contributed by atoms with Crippen LogP contribution in [0.1, 0.15) is 15.4 Å². The van der Waals surface area contributed by atoms with Crippen molar-refractivity contribution in [2.24, 2.45) is 0 Å². The number of amides is 1. The van der Waals surface area contributed by atoms with E-state index in [0.717, 1.165) is 15.8 Å². The molecule has 0 spiro atoms. The lowest BCUT2D eigenvalue weighted by Gasteiger charge is -1.98. The highest BCUT2D eigenvalue weighted by Gasteiger charge is 2.19. The quantitative estimate of drug-likeness (QED) is 0.571. The van der Waals surface area contributed by atoms with Crippen LogP contribution >= 0.6 is 22.9 Å². The lowest BCUT2D eigenvalue weighted by molar-refractivity contribution is 0.102. The van der Waals surface area contributed by atoms with Crippen LogP contribution < -0.4 is 5.32 Å². The second-order valence-electron chi connectivity index (χ2n) is 5.27. The van der Waals surface area contributed by atoms with Crippen molar-refractivity contribution in [1.82, 2.24) is 15.2 Å². The fourth-order valence-electron chi connectivity index (χ4n) is 2.35. The predicted molar refractivity (Wildman–Crippen MR) is 97.1 cm³/mol. The van der Waals surface area contributed by atoms with Gasteiger partial charge < -0.3 is 4.42 Å². The van der Waals surface area contributed by atoms with Crippen molar-refractivity contribution in [2.45, 2.75) is 6.92 Å². The van der Waals surface area contributed by atoms with Gasteiger partial charge in [0.05, 0.1) is 5.02 Å². The molecule has 0 atom stereocenters. The fourth-order valence-corrected chi connectivity index (χ4v) is 3.77. The van der Waals surface area contributed by atoms with Crippen LogP contribution in [-0.2, 0) is 0 Å². The third-order valence-corrected chi connectivity index (χ3v) is 5.17. The molecule has 0 bridgehead atoms. The molecule has 4 rings (SSSR count). The van der Waals surface area contributed by atoms with E-state index in [2.05, 4.69) is 20.5 Å². The first-order valence-corrected chi connectivity index (χ1v) is 8.57. The lowest BCUT2D eigenvalue weighted by Crippen LogP contribution is -2.10. The molecule has 0 aliphatic heterocycles. The third kappa shape index (κ3) is 2.99. The van der Waals surface area contributed by atoms with E-state index in [1.165, 1.54) is 11.3 Å². The molecule has 124 valence electrons. The summed E-state index contributed by atoms with van der Waals surface area (Å²) in [7, 11) is 0. The number of nitrogens with one attached hydrogen (secondary N) is 1. The van der Waals surface area contributed by atoms with Gasteiger partial charge in [-0.3, -0.25) is 10.1 Å². The molecule has 0 saturated heterocycles. The number of anilines is 1. The van der Waals surface area contributed by atoms with E-state index < -0.39 is 5.91 Å². The van der Waals surface area contributed by atoms with Crippen molar-refractivity contribution in [3.63, 3.8) is 0 Å². The molecule has 1 aromatic carbocycles. The largest absolute Gasteiger partial charge is 0.401 e. The second kappa shape index (κ2) is 6.27. The van der Waals surface area contributed by atoms with E-state index in [0.29, 0.717) is 15.6 Å². The van der Waals surface area contributed by atoms with E-state index in [1.807, 2.05) is 43.3 Å². The molecule has 0 aliphatic carbocycles. The van der Waals surface area contributed by atoms with Crippen LogP contribution in [0.5, 0.6) is 0 Å². The summed E-state index contributed by atoms with van der Waals surface area (Å²) < 4.78 is 6.41. The van der Waals surface area contributed by atoms with E-state index >= 15 is 0 Å². The summed E-state index contributed by atoms with van der Waals surface area (Å²) in [6.45, 7) is 1.87. The number of carbonyl (C=O) groups excluding carboxylic acids is 1. The van der Waals surface area contributed by atoms with Crippen LogP contribution in [0.15, 0.2) is 46.9 Å². The normalized spacial score (nSPS) is 11.0. The Labute approximate surface area is 151 Å². The number of hydrogen-bond donors (Lipinski definition) is 1. The number of pyridine rings is 1. The van der Waals surface area contributed by atoms with Gasteiger partial charge in [0.25, 0.3) is 11.8 Å². The van der Waals surface area contributed by atoms with Crippen molar-refractivity contribution >= 4 is 44.9 Å². The van der Waals surface area contributed by atoms with Crippen molar-refractivity contribution in [2.75, 3.05) is 5.32 Å². The molecule has 6 nitrogen and oxygen atoms in total. The number of fused-ring (bicyclic) bond motifs is 1. The first-order chi connectivity index (χ1) is 12.1. The molecular formula is C17H11ClN4O2S. The molecule has 0 unspecified atom stereocenters. The molecule has 1 N–H and O–H groups in total. The molecule has 3 aromatic heterocycles. The topological polar surface area (TPSA) is 80.9 Å². The van der Waals surface area contributed by atoms with E-state index in [-0.39, 0.29) is 11.9 Å². The van der Waals surface area contributed by atoms with E-state index in [1.54, 1.807) is 6.07 Å². The van der Waals surface area contributed by atoms with Crippen LogP contribution in [-0.4, -0.2) is 21.1 Å². The lowest BCUT2D eigenvalue weighted by atomic mass is 10.2. The Morgan fingerprint density at radius 1 is 1.16 bits per heavy atom. The highest BCUT2D eigenvalue weighted by atomic mass is 35.5. The maximum atomic E-state index is 12.5. The molecule has 0 fully saturated rings. The van der Waals surface area contributed by atoms with E-state index in [4.69, 9.17) is 16.0 Å². The first-order valence-electron chi connectivity index (χ1n) is 7.38. The highest BCUT2D eigenvalue weighted by molar-refractivity contribution is 7.21. The summed E-state index contributed by atoms with van der Waals surface area (Å²) in [5, 5.41) is 11.6. The van der Waals surface area contributed by atoms with Crippen LogP contribution in [0, 0.1) is 6.92 Å². The van der Waals surface area contributed by atoms with Gasteiger partial charge in [0.15, 0.2) is 0 Å². The van der Waals surface area contributed by atoms with Crippen LogP contribution in [0.25, 0.3) is 21.7 Å². The maximum absolute atomic E-state index is 12.5. The molecule has 3 heterocycles. The summed E-state index contributed by atoms with van der Waals surface area (Å²) >= 11 is 7.62. The number of aromatic nitrogens is 3. The summed E-state index contributed by atoms with van der Waals surface area (Å²) in [6.07, 6.45) is 0. The Morgan fingerprint density at radius 2 is 2.00 bits per heavy atom. The molecule has 0 aliphatic rings. The highest BCUT2D eigenvalue weighted by Crippen LogP contribution is 2.35. The standard InChI is InChI=1S/C17H11ClN4O2S/c1-9-5-4-7-11(19-9)16-21-22-17(24-16)20-15(23)14-13(18)10-6-2-3-8-12(10)25-14/h2-8H,1H3,(H,20,22,23). The van der Waals surface area contributed by atoms with Gasteiger partial charge >= 0.3 is 6.01 Å². The number of benzene rings is 1. The molecule has 25 heavy (non-hydrogen) atoms. The number of aryl methyl sites for hydroxylation is 1.